The molecule has 2 unspecified atom stereocenters. The van der Waals surface area contributed by atoms with Gasteiger partial charge in [0.25, 0.3) is 0 Å². The molecule has 2 atom stereocenters. The Bertz CT molecular complexity index is 292. The molecule has 0 aliphatic carbocycles. The Morgan fingerprint density at radius 1 is 1.27 bits per heavy atom. The van der Waals surface area contributed by atoms with Gasteiger partial charge in [-0.15, -0.1) is 11.3 Å². The largest absolute Gasteiger partial charge is 0.390 e. The van der Waals surface area contributed by atoms with Crippen molar-refractivity contribution in [1.82, 2.24) is 0 Å². The maximum absolute atomic E-state index is 10.1. The molecule has 0 aliphatic heterocycles. The van der Waals surface area contributed by atoms with Crippen LogP contribution in [0.25, 0.3) is 0 Å². The van der Waals surface area contributed by atoms with E-state index in [2.05, 4.69) is 0 Å². The fourth-order valence-electron chi connectivity index (χ4n) is 1.87. The number of hydrogen-bond donors (Lipinski definition) is 2. The van der Waals surface area contributed by atoms with E-state index >= 15 is 0 Å². The fourth-order valence-corrected chi connectivity index (χ4v) is 2.82. The van der Waals surface area contributed by atoms with E-state index in [1.54, 1.807) is 0 Å². The van der Waals surface area contributed by atoms with Crippen molar-refractivity contribution < 1.29 is 10.2 Å². The fraction of sp³-hybridized carbons (Fsp3) is 0.667. The van der Waals surface area contributed by atoms with E-state index in [1.165, 1.54) is 11.3 Å². The quantitative estimate of drug-likeness (QED) is 0.813. The SMILES string of the molecule is CCC(CC)C(O)C(O)c1sccc1C. The van der Waals surface area contributed by atoms with E-state index in [9.17, 15) is 10.2 Å². The van der Waals surface area contributed by atoms with Gasteiger partial charge >= 0.3 is 0 Å². The Kier molecular flexibility index (Phi) is 4.77. The first-order chi connectivity index (χ1) is 7.11. The highest BCUT2D eigenvalue weighted by atomic mass is 32.1. The summed E-state index contributed by atoms with van der Waals surface area (Å²) in [7, 11) is 0. The Balaban J connectivity index is 2.76. The average molecular weight is 228 g/mol. The normalized spacial score (nSPS) is 15.6. The molecule has 2 nitrogen and oxygen atoms in total. The van der Waals surface area contributed by atoms with E-state index in [1.807, 2.05) is 32.2 Å². The molecule has 0 aliphatic rings. The highest BCUT2D eigenvalue weighted by Crippen LogP contribution is 2.30. The van der Waals surface area contributed by atoms with Crippen molar-refractivity contribution in [3.63, 3.8) is 0 Å². The van der Waals surface area contributed by atoms with E-state index in [0.29, 0.717) is 0 Å². The third-order valence-electron chi connectivity index (χ3n) is 3.03. The molecule has 3 heteroatoms. The second kappa shape index (κ2) is 5.64. The molecule has 86 valence electrons. The zero-order chi connectivity index (χ0) is 11.4. The van der Waals surface area contributed by atoms with Crippen LogP contribution in [-0.4, -0.2) is 16.3 Å². The van der Waals surface area contributed by atoms with Crippen LogP contribution in [0, 0.1) is 12.8 Å². The first kappa shape index (κ1) is 12.7. The number of rotatable bonds is 5. The molecule has 0 aromatic carbocycles. The van der Waals surface area contributed by atoms with Gasteiger partial charge < -0.3 is 10.2 Å². The molecule has 0 saturated carbocycles. The van der Waals surface area contributed by atoms with Crippen molar-refractivity contribution in [2.45, 2.75) is 45.8 Å². The van der Waals surface area contributed by atoms with Crippen LogP contribution < -0.4 is 0 Å². The summed E-state index contributed by atoms with van der Waals surface area (Å²) < 4.78 is 0. The monoisotopic (exact) mass is 228 g/mol. The molecule has 0 radical (unpaired) electrons. The molecule has 1 aromatic rings. The minimum Gasteiger partial charge on any atom is -0.390 e. The van der Waals surface area contributed by atoms with Crippen LogP contribution >= 0.6 is 11.3 Å². The molecular weight excluding hydrogens is 208 g/mol. The Morgan fingerprint density at radius 3 is 2.27 bits per heavy atom. The molecular formula is C12H20O2S. The van der Waals surface area contributed by atoms with Gasteiger partial charge in [0.05, 0.1) is 6.10 Å². The van der Waals surface area contributed by atoms with Gasteiger partial charge in [-0.1, -0.05) is 26.7 Å². The molecule has 0 spiro atoms. The van der Waals surface area contributed by atoms with Crippen LogP contribution in [0.5, 0.6) is 0 Å². The Morgan fingerprint density at radius 2 is 1.87 bits per heavy atom. The maximum atomic E-state index is 10.1. The predicted octanol–water partition coefficient (Wildman–Crippen LogP) is 2.89. The number of aliphatic hydroxyl groups excluding tert-OH is 2. The van der Waals surface area contributed by atoms with Crippen LogP contribution in [-0.2, 0) is 0 Å². The minimum absolute atomic E-state index is 0.182. The minimum atomic E-state index is -0.727. The number of hydrogen-bond acceptors (Lipinski definition) is 3. The summed E-state index contributed by atoms with van der Waals surface area (Å²) in [5.41, 5.74) is 1.07. The van der Waals surface area contributed by atoms with Gasteiger partial charge in [0, 0.05) is 4.88 Å². The third-order valence-corrected chi connectivity index (χ3v) is 4.12. The van der Waals surface area contributed by atoms with Gasteiger partial charge in [-0.3, -0.25) is 0 Å². The summed E-state index contributed by atoms with van der Waals surface area (Å²) in [6.07, 6.45) is 0.436. The summed E-state index contributed by atoms with van der Waals surface area (Å²) in [6, 6.07) is 1.98. The van der Waals surface area contributed by atoms with E-state index < -0.39 is 12.2 Å². The van der Waals surface area contributed by atoms with Crippen LogP contribution in [0.15, 0.2) is 11.4 Å². The van der Waals surface area contributed by atoms with Crippen molar-refractivity contribution in [3.05, 3.63) is 21.9 Å². The second-order valence-electron chi connectivity index (χ2n) is 3.98. The van der Waals surface area contributed by atoms with Crippen LogP contribution in [0.4, 0.5) is 0 Å². The van der Waals surface area contributed by atoms with Gasteiger partial charge in [0.15, 0.2) is 0 Å². The lowest BCUT2D eigenvalue weighted by molar-refractivity contribution is -0.0194. The number of aryl methyl sites for hydroxylation is 1. The summed E-state index contributed by atoms with van der Waals surface area (Å²) in [6.45, 7) is 6.06. The first-order valence-electron chi connectivity index (χ1n) is 5.51. The van der Waals surface area contributed by atoms with Gasteiger partial charge in [-0.2, -0.15) is 0 Å². The highest BCUT2D eigenvalue weighted by molar-refractivity contribution is 7.10. The number of aliphatic hydroxyl groups is 2. The summed E-state index contributed by atoms with van der Waals surface area (Å²) in [4.78, 5) is 0.898. The van der Waals surface area contributed by atoms with E-state index in [0.717, 1.165) is 23.3 Å². The lowest BCUT2D eigenvalue weighted by Crippen LogP contribution is -2.26. The van der Waals surface area contributed by atoms with Crippen LogP contribution in [0.2, 0.25) is 0 Å². The summed E-state index contributed by atoms with van der Waals surface area (Å²) in [5.74, 6) is 0.182. The summed E-state index contributed by atoms with van der Waals surface area (Å²) in [5, 5.41) is 22.0. The molecule has 2 N–H and O–H groups in total. The van der Waals surface area contributed by atoms with Gasteiger partial charge in [0.1, 0.15) is 6.10 Å². The standard InChI is InChI=1S/C12H20O2S/c1-4-9(5-2)10(13)11(14)12-8(3)6-7-15-12/h6-7,9-11,13-14H,4-5H2,1-3H3. The second-order valence-corrected chi connectivity index (χ2v) is 4.93. The van der Waals surface area contributed by atoms with Crippen molar-refractivity contribution >= 4 is 11.3 Å². The summed E-state index contributed by atoms with van der Waals surface area (Å²) >= 11 is 1.51. The molecule has 1 rings (SSSR count). The zero-order valence-electron chi connectivity index (χ0n) is 9.60. The van der Waals surface area contributed by atoms with Crippen LogP contribution in [0.3, 0.4) is 0 Å². The van der Waals surface area contributed by atoms with Crippen molar-refractivity contribution in [2.75, 3.05) is 0 Å². The molecule has 1 aromatic heterocycles. The van der Waals surface area contributed by atoms with Crippen molar-refractivity contribution in [2.24, 2.45) is 5.92 Å². The lowest BCUT2D eigenvalue weighted by atomic mass is 9.91. The average Bonchev–Trinajstić information content (AvgIpc) is 2.65. The van der Waals surface area contributed by atoms with Crippen molar-refractivity contribution in [1.29, 1.82) is 0 Å². The Hall–Kier alpha value is -0.380. The third kappa shape index (κ3) is 2.80. The molecule has 0 fully saturated rings. The Labute approximate surface area is 95.6 Å². The van der Waals surface area contributed by atoms with E-state index in [4.69, 9.17) is 0 Å². The maximum Gasteiger partial charge on any atom is 0.114 e. The molecule has 1 heterocycles. The molecule has 0 bridgehead atoms. The van der Waals surface area contributed by atoms with Crippen LogP contribution in [0.1, 0.15) is 43.2 Å². The molecule has 15 heavy (non-hydrogen) atoms. The lowest BCUT2D eigenvalue weighted by Gasteiger charge is -2.24. The van der Waals surface area contributed by atoms with Gasteiger partial charge in [-0.05, 0) is 29.9 Å². The zero-order valence-corrected chi connectivity index (χ0v) is 10.4. The van der Waals surface area contributed by atoms with E-state index in [-0.39, 0.29) is 5.92 Å². The van der Waals surface area contributed by atoms with Gasteiger partial charge in [-0.25, -0.2) is 0 Å². The molecule has 0 amide bonds. The topological polar surface area (TPSA) is 40.5 Å². The van der Waals surface area contributed by atoms with Crippen molar-refractivity contribution in [3.8, 4) is 0 Å². The first-order valence-corrected chi connectivity index (χ1v) is 6.39. The number of thiophene rings is 1. The molecule has 0 saturated heterocycles. The van der Waals surface area contributed by atoms with Gasteiger partial charge in [0.2, 0.25) is 0 Å². The smallest absolute Gasteiger partial charge is 0.114 e. The highest BCUT2D eigenvalue weighted by Gasteiger charge is 2.26. The predicted molar refractivity (Wildman–Crippen MR) is 64.1 cm³/mol.